The van der Waals surface area contributed by atoms with E-state index >= 15 is 0 Å². The average molecular weight is 346 g/mol. The highest BCUT2D eigenvalue weighted by atomic mass is 19.3. The van der Waals surface area contributed by atoms with Crippen LogP contribution in [0.1, 0.15) is 29.9 Å². The molecule has 1 aromatic rings. The molecule has 0 saturated carbocycles. The molecule has 3 rings (SSSR count). The number of aryl methyl sites for hydroxylation is 2. The summed E-state index contributed by atoms with van der Waals surface area (Å²) < 4.78 is 51.1. The van der Waals surface area contributed by atoms with Gasteiger partial charge in [0.25, 0.3) is 0 Å². The summed E-state index contributed by atoms with van der Waals surface area (Å²) in [4.78, 5) is 12.6. The molecule has 0 spiro atoms. The van der Waals surface area contributed by atoms with Crippen molar-refractivity contribution in [3.05, 3.63) is 17.1 Å². The predicted molar refractivity (Wildman–Crippen MR) is 83.0 cm³/mol. The summed E-state index contributed by atoms with van der Waals surface area (Å²) in [5, 5.41) is 0. The van der Waals surface area contributed by atoms with Crippen molar-refractivity contribution in [3.63, 3.8) is 0 Å². The fraction of sp³-hybridized carbons (Fsp3) is 0.750. The summed E-state index contributed by atoms with van der Waals surface area (Å²) in [7, 11) is 0. The Morgan fingerprint density at radius 3 is 2.38 bits per heavy atom. The van der Waals surface area contributed by atoms with E-state index in [1.807, 2.05) is 6.92 Å². The zero-order valence-electron chi connectivity index (χ0n) is 13.7. The molecule has 1 aliphatic carbocycles. The minimum absolute atomic E-state index is 0.333. The topological polar surface area (TPSA) is 32.3 Å². The van der Waals surface area contributed by atoms with Crippen LogP contribution in [0.15, 0.2) is 0 Å². The fourth-order valence-electron chi connectivity index (χ4n) is 3.44. The van der Waals surface area contributed by atoms with Gasteiger partial charge in [0.15, 0.2) is 0 Å². The van der Waals surface area contributed by atoms with Gasteiger partial charge in [-0.05, 0) is 32.6 Å². The number of hydrogen-bond acceptors (Lipinski definition) is 4. The van der Waals surface area contributed by atoms with Crippen molar-refractivity contribution in [2.45, 2.75) is 45.0 Å². The molecular weight excluding hydrogens is 324 g/mol. The smallest absolute Gasteiger partial charge is 0.319 e. The first-order chi connectivity index (χ1) is 11.4. The minimum Gasteiger partial charge on any atom is -0.354 e. The Morgan fingerprint density at radius 2 is 1.71 bits per heavy atom. The van der Waals surface area contributed by atoms with E-state index in [1.165, 1.54) is 10.5 Å². The van der Waals surface area contributed by atoms with Crippen molar-refractivity contribution < 1.29 is 17.6 Å². The molecule has 134 valence electrons. The molecule has 0 amide bonds. The van der Waals surface area contributed by atoms with E-state index in [4.69, 9.17) is 0 Å². The number of nitrogens with zero attached hydrogens (tertiary/aromatic N) is 4. The zero-order chi connectivity index (χ0) is 17.3. The van der Waals surface area contributed by atoms with Gasteiger partial charge in [0.05, 0.1) is 6.54 Å². The molecule has 0 N–H and O–H groups in total. The normalized spacial score (nSPS) is 19.7. The van der Waals surface area contributed by atoms with Crippen LogP contribution in [0.3, 0.4) is 0 Å². The lowest BCUT2D eigenvalue weighted by atomic mass is 9.96. The molecule has 1 aromatic heterocycles. The van der Waals surface area contributed by atoms with Gasteiger partial charge in [-0.1, -0.05) is 0 Å². The van der Waals surface area contributed by atoms with Crippen LogP contribution in [0.5, 0.6) is 0 Å². The Morgan fingerprint density at radius 1 is 1.04 bits per heavy atom. The van der Waals surface area contributed by atoms with Gasteiger partial charge in [0.1, 0.15) is 11.6 Å². The Labute approximate surface area is 138 Å². The van der Waals surface area contributed by atoms with E-state index in [2.05, 4.69) is 14.9 Å². The van der Waals surface area contributed by atoms with E-state index in [1.54, 1.807) is 0 Å². The lowest BCUT2D eigenvalue weighted by Gasteiger charge is -2.38. The fourth-order valence-corrected chi connectivity index (χ4v) is 3.44. The number of anilines is 1. The number of halogens is 4. The summed E-state index contributed by atoms with van der Waals surface area (Å²) in [5.41, 5.74) is 2.26. The maximum atomic E-state index is 13.2. The lowest BCUT2D eigenvalue weighted by Crippen LogP contribution is -2.51. The number of hydrogen-bond donors (Lipinski definition) is 0. The van der Waals surface area contributed by atoms with Gasteiger partial charge >= 0.3 is 12.3 Å². The van der Waals surface area contributed by atoms with Gasteiger partial charge in [-0.25, -0.2) is 18.7 Å². The highest BCUT2D eigenvalue weighted by molar-refractivity contribution is 5.50. The number of piperazine rings is 1. The lowest BCUT2D eigenvalue weighted by molar-refractivity contribution is -0.142. The molecule has 1 saturated heterocycles. The molecule has 2 heterocycles. The Kier molecular flexibility index (Phi) is 4.94. The van der Waals surface area contributed by atoms with Gasteiger partial charge in [-0.2, -0.15) is 8.78 Å². The quantitative estimate of drug-likeness (QED) is 0.785. The number of rotatable bonds is 4. The van der Waals surface area contributed by atoms with E-state index in [-0.39, 0.29) is 0 Å². The summed E-state index contributed by atoms with van der Waals surface area (Å²) in [5.74, 6) is -2.33. The third-order valence-corrected chi connectivity index (χ3v) is 4.70. The van der Waals surface area contributed by atoms with E-state index in [0.717, 1.165) is 43.0 Å². The summed E-state index contributed by atoms with van der Waals surface area (Å²) in [6.07, 6.45) is 0.500. The van der Waals surface area contributed by atoms with Crippen LogP contribution in [0.2, 0.25) is 0 Å². The van der Waals surface area contributed by atoms with Crippen LogP contribution >= 0.6 is 0 Å². The Balaban J connectivity index is 1.68. The second-order valence-electron chi connectivity index (χ2n) is 6.55. The average Bonchev–Trinajstić information content (AvgIpc) is 2.54. The molecule has 4 nitrogen and oxygen atoms in total. The molecule has 2 aliphatic rings. The van der Waals surface area contributed by atoms with Crippen molar-refractivity contribution in [1.82, 2.24) is 14.9 Å². The second-order valence-corrected chi connectivity index (χ2v) is 6.55. The standard InChI is InChI=1S/C16H22F4N4/c1-11-21-13-5-3-2-4-12(13)14(22-11)24-8-6-23(7-9-24)10-16(19,20)15(17)18/h15H,2-10H2,1H3. The molecule has 0 atom stereocenters. The van der Waals surface area contributed by atoms with Crippen LogP contribution in [-0.2, 0) is 12.8 Å². The summed E-state index contributed by atoms with van der Waals surface area (Å²) >= 11 is 0. The molecule has 0 unspecified atom stereocenters. The van der Waals surface area contributed by atoms with Crippen molar-refractivity contribution in [2.24, 2.45) is 0 Å². The molecule has 0 bridgehead atoms. The maximum absolute atomic E-state index is 13.2. The van der Waals surface area contributed by atoms with Gasteiger partial charge < -0.3 is 4.90 Å². The first-order valence-corrected chi connectivity index (χ1v) is 8.36. The van der Waals surface area contributed by atoms with Crippen molar-refractivity contribution >= 4 is 5.82 Å². The Bertz CT molecular complexity index is 586. The van der Waals surface area contributed by atoms with Crippen molar-refractivity contribution in [3.8, 4) is 0 Å². The first kappa shape index (κ1) is 17.4. The van der Waals surface area contributed by atoms with Gasteiger partial charge in [0.2, 0.25) is 0 Å². The van der Waals surface area contributed by atoms with Crippen LogP contribution < -0.4 is 4.90 Å². The minimum atomic E-state index is -3.95. The van der Waals surface area contributed by atoms with Gasteiger partial charge in [0, 0.05) is 37.4 Å². The second kappa shape index (κ2) is 6.82. The third-order valence-electron chi connectivity index (χ3n) is 4.70. The molecule has 0 aromatic carbocycles. The number of alkyl halides is 4. The monoisotopic (exact) mass is 346 g/mol. The molecule has 0 radical (unpaired) electrons. The molecule has 1 aliphatic heterocycles. The van der Waals surface area contributed by atoms with Crippen molar-refractivity contribution in [2.75, 3.05) is 37.6 Å². The van der Waals surface area contributed by atoms with Crippen LogP contribution in [0.4, 0.5) is 23.4 Å². The number of fused-ring (bicyclic) bond motifs is 1. The molecular formula is C16H22F4N4. The van der Waals surface area contributed by atoms with Crippen LogP contribution in [0.25, 0.3) is 0 Å². The van der Waals surface area contributed by atoms with E-state index < -0.39 is 18.9 Å². The third kappa shape index (κ3) is 3.63. The highest BCUT2D eigenvalue weighted by Crippen LogP contribution is 2.29. The molecule has 24 heavy (non-hydrogen) atoms. The number of aromatic nitrogens is 2. The maximum Gasteiger partial charge on any atom is 0.319 e. The van der Waals surface area contributed by atoms with Crippen molar-refractivity contribution in [1.29, 1.82) is 0 Å². The van der Waals surface area contributed by atoms with E-state index in [9.17, 15) is 17.6 Å². The first-order valence-electron chi connectivity index (χ1n) is 8.36. The molecule has 8 heteroatoms. The van der Waals surface area contributed by atoms with Crippen LogP contribution in [0, 0.1) is 6.92 Å². The van der Waals surface area contributed by atoms with Gasteiger partial charge in [-0.15, -0.1) is 0 Å². The summed E-state index contributed by atoms with van der Waals surface area (Å²) in [6.45, 7) is 2.67. The summed E-state index contributed by atoms with van der Waals surface area (Å²) in [6, 6.07) is 0. The highest BCUT2D eigenvalue weighted by Gasteiger charge is 2.42. The van der Waals surface area contributed by atoms with Crippen LogP contribution in [-0.4, -0.2) is 59.9 Å². The SMILES string of the molecule is Cc1nc2c(c(N3CCN(CC(F)(F)C(F)F)CC3)n1)CCCC2. The zero-order valence-corrected chi connectivity index (χ0v) is 13.7. The van der Waals surface area contributed by atoms with Gasteiger partial charge in [-0.3, -0.25) is 4.90 Å². The van der Waals surface area contributed by atoms with E-state index in [0.29, 0.717) is 26.2 Å². The largest absolute Gasteiger partial charge is 0.354 e. The molecule has 1 fully saturated rings. The predicted octanol–water partition coefficient (Wildman–Crippen LogP) is 2.69. The Hall–Kier alpha value is -1.44.